The van der Waals surface area contributed by atoms with Crippen LogP contribution in [-0.2, 0) is 6.18 Å². The van der Waals surface area contributed by atoms with Crippen LogP contribution in [0.1, 0.15) is 28.3 Å². The van der Waals surface area contributed by atoms with Gasteiger partial charge < -0.3 is 0 Å². The number of pyridine rings is 1. The highest BCUT2D eigenvalue weighted by Crippen LogP contribution is 2.34. The quantitative estimate of drug-likeness (QED) is 0.520. The van der Waals surface area contributed by atoms with Crippen molar-refractivity contribution in [3.8, 4) is 0 Å². The lowest BCUT2D eigenvalue weighted by atomic mass is 9.97. The first-order valence-corrected chi connectivity index (χ1v) is 6.07. The van der Waals surface area contributed by atoms with Gasteiger partial charge in [0.25, 0.3) is 0 Å². The summed E-state index contributed by atoms with van der Waals surface area (Å²) in [5, 5.41) is 0. The largest absolute Gasteiger partial charge is 0.419 e. The summed E-state index contributed by atoms with van der Waals surface area (Å²) >= 11 is 0. The molecule has 112 valence electrons. The van der Waals surface area contributed by atoms with Crippen molar-refractivity contribution in [2.24, 2.45) is 5.84 Å². The van der Waals surface area contributed by atoms with Gasteiger partial charge in [-0.1, -0.05) is 12.1 Å². The maximum Gasteiger partial charge on any atom is 0.419 e. The summed E-state index contributed by atoms with van der Waals surface area (Å²) < 4.78 is 51.6. The van der Waals surface area contributed by atoms with Gasteiger partial charge in [-0.25, -0.2) is 9.82 Å². The molecule has 1 aromatic carbocycles. The van der Waals surface area contributed by atoms with Crippen LogP contribution in [0, 0.1) is 12.7 Å². The fourth-order valence-electron chi connectivity index (χ4n) is 2.06. The molecule has 7 heteroatoms. The topological polar surface area (TPSA) is 50.9 Å². The third-order valence-electron chi connectivity index (χ3n) is 3.03. The summed E-state index contributed by atoms with van der Waals surface area (Å²) in [6.07, 6.45) is -1.65. The molecule has 3 N–H and O–H groups in total. The van der Waals surface area contributed by atoms with Gasteiger partial charge in [-0.2, -0.15) is 13.2 Å². The van der Waals surface area contributed by atoms with Gasteiger partial charge >= 0.3 is 6.18 Å². The second-order valence-electron chi connectivity index (χ2n) is 4.63. The Kier molecular flexibility index (Phi) is 4.24. The average molecular weight is 299 g/mol. The zero-order chi connectivity index (χ0) is 15.6. The number of benzene rings is 1. The number of hydrogen-bond donors (Lipinski definition) is 2. The number of alkyl halides is 3. The SMILES string of the molecule is Cc1cncc(C(NN)c2ccc(F)c(C(F)(F)F)c2)c1. The van der Waals surface area contributed by atoms with Crippen LogP contribution in [0.4, 0.5) is 17.6 Å². The number of hydrogen-bond acceptors (Lipinski definition) is 3. The van der Waals surface area contributed by atoms with E-state index >= 15 is 0 Å². The highest BCUT2D eigenvalue weighted by molar-refractivity contribution is 5.35. The van der Waals surface area contributed by atoms with Gasteiger partial charge in [-0.3, -0.25) is 10.8 Å². The minimum absolute atomic E-state index is 0.207. The van der Waals surface area contributed by atoms with E-state index in [9.17, 15) is 17.6 Å². The van der Waals surface area contributed by atoms with Gasteiger partial charge in [0.2, 0.25) is 0 Å². The molecular weight excluding hydrogens is 286 g/mol. The maximum absolute atomic E-state index is 13.3. The number of nitrogens with zero attached hydrogens (tertiary/aromatic N) is 1. The third-order valence-corrected chi connectivity index (χ3v) is 3.03. The number of halogens is 4. The smallest absolute Gasteiger partial charge is 0.271 e. The lowest BCUT2D eigenvalue weighted by Gasteiger charge is -2.19. The zero-order valence-electron chi connectivity index (χ0n) is 11.1. The van der Waals surface area contributed by atoms with Crippen molar-refractivity contribution in [3.63, 3.8) is 0 Å². The molecule has 0 aliphatic heterocycles. The first kappa shape index (κ1) is 15.4. The molecule has 21 heavy (non-hydrogen) atoms. The molecule has 2 rings (SSSR count). The van der Waals surface area contributed by atoms with E-state index in [1.807, 2.05) is 0 Å². The van der Waals surface area contributed by atoms with E-state index in [4.69, 9.17) is 5.84 Å². The van der Waals surface area contributed by atoms with Gasteiger partial charge in [0.15, 0.2) is 0 Å². The van der Waals surface area contributed by atoms with Crippen LogP contribution >= 0.6 is 0 Å². The predicted octanol–water partition coefficient (Wildman–Crippen LogP) is 3.10. The van der Waals surface area contributed by atoms with Crippen LogP contribution in [0.15, 0.2) is 36.7 Å². The van der Waals surface area contributed by atoms with E-state index in [0.29, 0.717) is 5.56 Å². The Morgan fingerprint density at radius 2 is 1.86 bits per heavy atom. The average Bonchev–Trinajstić information content (AvgIpc) is 2.40. The van der Waals surface area contributed by atoms with Crippen molar-refractivity contribution in [3.05, 3.63) is 64.7 Å². The fourth-order valence-corrected chi connectivity index (χ4v) is 2.06. The standard InChI is InChI=1S/C14H13F4N3/c1-8-4-10(7-20-6-8)13(21-19)9-2-3-12(15)11(5-9)14(16,17)18/h2-7,13,21H,19H2,1H3. The fraction of sp³-hybridized carbons (Fsp3) is 0.214. The van der Waals surface area contributed by atoms with Crippen molar-refractivity contribution in [1.29, 1.82) is 0 Å². The van der Waals surface area contributed by atoms with Crippen LogP contribution in [0.25, 0.3) is 0 Å². The number of nitrogens with one attached hydrogen (secondary N) is 1. The normalized spacial score (nSPS) is 13.2. The number of hydrazine groups is 1. The van der Waals surface area contributed by atoms with E-state index in [-0.39, 0.29) is 5.56 Å². The van der Waals surface area contributed by atoms with Gasteiger partial charge in [0.05, 0.1) is 11.6 Å². The number of aromatic nitrogens is 1. The van der Waals surface area contributed by atoms with Crippen molar-refractivity contribution in [2.45, 2.75) is 19.1 Å². The highest BCUT2D eigenvalue weighted by atomic mass is 19.4. The molecule has 2 aromatic rings. The lowest BCUT2D eigenvalue weighted by Crippen LogP contribution is -2.29. The molecule has 1 aromatic heterocycles. The van der Waals surface area contributed by atoms with E-state index in [1.165, 1.54) is 12.3 Å². The van der Waals surface area contributed by atoms with Crippen LogP contribution in [-0.4, -0.2) is 4.98 Å². The van der Waals surface area contributed by atoms with E-state index < -0.39 is 23.6 Å². The highest BCUT2D eigenvalue weighted by Gasteiger charge is 2.34. The Bertz CT molecular complexity index is 640. The molecule has 1 atom stereocenters. The Balaban J connectivity index is 2.49. The van der Waals surface area contributed by atoms with Gasteiger partial charge in [-0.05, 0) is 35.7 Å². The summed E-state index contributed by atoms with van der Waals surface area (Å²) in [6.45, 7) is 1.80. The molecule has 0 aliphatic carbocycles. The molecule has 1 unspecified atom stereocenters. The molecule has 0 amide bonds. The van der Waals surface area contributed by atoms with Crippen LogP contribution in [0.3, 0.4) is 0 Å². The summed E-state index contributed by atoms with van der Waals surface area (Å²) in [6, 6.07) is 3.83. The molecular formula is C14H13F4N3. The van der Waals surface area contributed by atoms with Gasteiger partial charge in [-0.15, -0.1) is 0 Å². The van der Waals surface area contributed by atoms with Crippen LogP contribution in [0.2, 0.25) is 0 Å². The second-order valence-corrected chi connectivity index (χ2v) is 4.63. The Morgan fingerprint density at radius 1 is 1.14 bits per heavy atom. The predicted molar refractivity (Wildman–Crippen MR) is 69.5 cm³/mol. The van der Waals surface area contributed by atoms with Crippen molar-refractivity contribution >= 4 is 0 Å². The maximum atomic E-state index is 13.3. The molecule has 0 saturated carbocycles. The summed E-state index contributed by atoms with van der Waals surface area (Å²) in [7, 11) is 0. The van der Waals surface area contributed by atoms with Crippen LogP contribution in [0.5, 0.6) is 0 Å². The van der Waals surface area contributed by atoms with Crippen LogP contribution < -0.4 is 11.3 Å². The number of nitrogens with two attached hydrogens (primary N) is 1. The summed E-state index contributed by atoms with van der Waals surface area (Å²) in [5.41, 5.74) is 2.75. The molecule has 0 bridgehead atoms. The molecule has 3 nitrogen and oxygen atoms in total. The minimum Gasteiger partial charge on any atom is -0.271 e. The first-order chi connectivity index (χ1) is 9.82. The Morgan fingerprint density at radius 3 is 2.43 bits per heavy atom. The number of aryl methyl sites for hydroxylation is 1. The Labute approximate surface area is 118 Å². The zero-order valence-corrected chi connectivity index (χ0v) is 11.1. The van der Waals surface area contributed by atoms with E-state index in [0.717, 1.165) is 17.7 Å². The molecule has 0 saturated heterocycles. The lowest BCUT2D eigenvalue weighted by molar-refractivity contribution is -0.140. The molecule has 0 aliphatic rings. The minimum atomic E-state index is -4.76. The monoisotopic (exact) mass is 299 g/mol. The second kappa shape index (κ2) is 5.79. The third kappa shape index (κ3) is 3.37. The van der Waals surface area contributed by atoms with Gasteiger partial charge in [0.1, 0.15) is 5.82 Å². The van der Waals surface area contributed by atoms with E-state index in [2.05, 4.69) is 10.4 Å². The Hall–Kier alpha value is -1.99. The van der Waals surface area contributed by atoms with E-state index in [1.54, 1.807) is 19.2 Å². The van der Waals surface area contributed by atoms with Crippen molar-refractivity contribution in [2.75, 3.05) is 0 Å². The molecule has 0 fully saturated rings. The molecule has 1 heterocycles. The summed E-state index contributed by atoms with van der Waals surface area (Å²) in [4.78, 5) is 3.98. The first-order valence-electron chi connectivity index (χ1n) is 6.07. The van der Waals surface area contributed by atoms with Crippen molar-refractivity contribution < 1.29 is 17.6 Å². The van der Waals surface area contributed by atoms with Crippen molar-refractivity contribution in [1.82, 2.24) is 10.4 Å². The number of rotatable bonds is 3. The van der Waals surface area contributed by atoms with Gasteiger partial charge in [0, 0.05) is 12.4 Å². The summed E-state index contributed by atoms with van der Waals surface area (Å²) in [5.74, 6) is 4.12. The molecule has 0 spiro atoms. The molecule has 0 radical (unpaired) electrons.